The Balaban J connectivity index is 1.21. The number of aromatic nitrogens is 2. The minimum Gasteiger partial charge on any atom is -0.419 e. The Bertz CT molecular complexity index is 1220. The molecule has 0 N–H and O–H groups in total. The van der Waals surface area contributed by atoms with Crippen molar-refractivity contribution in [1.29, 1.82) is 0 Å². The van der Waals surface area contributed by atoms with Gasteiger partial charge in [-0.2, -0.15) is 4.31 Å². The largest absolute Gasteiger partial charge is 0.419 e. The summed E-state index contributed by atoms with van der Waals surface area (Å²) < 4.78 is 33.8. The maximum Gasteiger partial charge on any atom is 0.257 e. The molecule has 32 heavy (non-hydrogen) atoms. The van der Waals surface area contributed by atoms with Crippen LogP contribution in [0.3, 0.4) is 0 Å². The zero-order chi connectivity index (χ0) is 22.3. The summed E-state index contributed by atoms with van der Waals surface area (Å²) in [5.74, 6) is 1.13. The molecular weight excluding hydrogens is 444 g/mol. The molecule has 0 unspecified atom stereocenters. The number of sulfonamides is 1. The molecule has 1 saturated heterocycles. The topological polar surface area (TPSA) is 79.5 Å². The monoisotopic (exact) mass is 472 g/mol. The lowest BCUT2D eigenvalue weighted by atomic mass is 10.1. The SMILES string of the molecule is CCc1sc(-c2nnc(CN3CCN(S(=O)(=O)c4ccc5c(c4)CCC5)CC3)o2)cc1C. The van der Waals surface area contributed by atoms with Gasteiger partial charge in [0, 0.05) is 31.1 Å². The van der Waals surface area contributed by atoms with Crippen LogP contribution >= 0.6 is 11.3 Å². The second kappa shape index (κ2) is 8.70. The number of hydrogen-bond donors (Lipinski definition) is 0. The van der Waals surface area contributed by atoms with Gasteiger partial charge in [0.25, 0.3) is 5.89 Å². The standard InChI is InChI=1S/C23H28N4O3S2/c1-3-20-16(2)13-21(31-20)23-25-24-22(30-23)15-26-9-11-27(12-10-26)32(28,29)19-8-7-17-5-4-6-18(17)14-19/h7-8,13-14H,3-6,9-12,15H2,1-2H3. The summed E-state index contributed by atoms with van der Waals surface area (Å²) in [6, 6.07) is 7.73. The first-order valence-corrected chi connectivity index (χ1v) is 13.5. The summed E-state index contributed by atoms with van der Waals surface area (Å²) in [5.41, 5.74) is 3.73. The molecule has 0 bridgehead atoms. The number of nitrogens with zero attached hydrogens (tertiary/aromatic N) is 4. The summed E-state index contributed by atoms with van der Waals surface area (Å²) in [6.45, 7) is 6.98. The molecule has 2 aliphatic rings. The molecule has 1 aromatic carbocycles. The van der Waals surface area contributed by atoms with Gasteiger partial charge >= 0.3 is 0 Å². The molecule has 0 spiro atoms. The number of piperazine rings is 1. The number of hydrogen-bond acceptors (Lipinski definition) is 7. The number of thiophene rings is 1. The van der Waals surface area contributed by atoms with Gasteiger partial charge in [0.2, 0.25) is 15.9 Å². The molecule has 5 rings (SSSR count). The van der Waals surface area contributed by atoms with E-state index >= 15 is 0 Å². The van der Waals surface area contributed by atoms with Crippen molar-refractivity contribution in [3.63, 3.8) is 0 Å². The third-order valence-electron chi connectivity index (χ3n) is 6.42. The molecular formula is C23H28N4O3S2. The molecule has 1 fully saturated rings. The van der Waals surface area contributed by atoms with Gasteiger partial charge in [0.1, 0.15) is 0 Å². The average Bonchev–Trinajstić information content (AvgIpc) is 3.53. The average molecular weight is 473 g/mol. The highest BCUT2D eigenvalue weighted by molar-refractivity contribution is 7.89. The number of rotatable bonds is 6. The molecule has 0 atom stereocenters. The molecule has 0 amide bonds. The van der Waals surface area contributed by atoms with Crippen LogP contribution in [0.15, 0.2) is 33.6 Å². The third-order valence-corrected chi connectivity index (χ3v) is 9.68. The van der Waals surface area contributed by atoms with Crippen molar-refractivity contribution >= 4 is 21.4 Å². The fourth-order valence-electron chi connectivity index (χ4n) is 4.57. The molecule has 9 heteroatoms. The highest BCUT2D eigenvalue weighted by atomic mass is 32.2. The van der Waals surface area contributed by atoms with Gasteiger partial charge in [-0.1, -0.05) is 13.0 Å². The molecule has 0 saturated carbocycles. The van der Waals surface area contributed by atoms with Gasteiger partial charge in [-0.25, -0.2) is 8.42 Å². The zero-order valence-corrected chi connectivity index (χ0v) is 20.1. The van der Waals surface area contributed by atoms with Crippen molar-refractivity contribution in [2.45, 2.75) is 51.0 Å². The Morgan fingerprint density at radius 1 is 1.06 bits per heavy atom. The van der Waals surface area contributed by atoms with Crippen molar-refractivity contribution in [2.24, 2.45) is 0 Å². The Morgan fingerprint density at radius 3 is 2.59 bits per heavy atom. The Kier molecular flexibility index (Phi) is 5.92. The molecule has 170 valence electrons. The lowest BCUT2D eigenvalue weighted by Crippen LogP contribution is -2.48. The van der Waals surface area contributed by atoms with Crippen molar-refractivity contribution in [3.8, 4) is 10.8 Å². The van der Waals surface area contributed by atoms with Gasteiger partial charge in [0.05, 0.1) is 16.3 Å². The first-order chi connectivity index (χ1) is 15.4. The zero-order valence-electron chi connectivity index (χ0n) is 18.5. The first-order valence-electron chi connectivity index (χ1n) is 11.2. The van der Waals surface area contributed by atoms with E-state index in [-0.39, 0.29) is 0 Å². The van der Waals surface area contributed by atoms with E-state index in [1.54, 1.807) is 21.7 Å². The summed E-state index contributed by atoms with van der Waals surface area (Å²) in [7, 11) is -3.46. The van der Waals surface area contributed by atoms with Crippen LogP contribution in [0, 0.1) is 6.92 Å². The second-order valence-electron chi connectivity index (χ2n) is 8.54. The second-order valence-corrected chi connectivity index (χ2v) is 11.6. The summed E-state index contributed by atoms with van der Waals surface area (Å²) in [4.78, 5) is 4.93. The summed E-state index contributed by atoms with van der Waals surface area (Å²) in [5, 5.41) is 8.44. The van der Waals surface area contributed by atoms with E-state index in [1.165, 1.54) is 21.6 Å². The van der Waals surface area contributed by atoms with E-state index < -0.39 is 10.0 Å². The van der Waals surface area contributed by atoms with Crippen LogP contribution in [0.25, 0.3) is 10.8 Å². The molecule has 1 aliphatic heterocycles. The smallest absolute Gasteiger partial charge is 0.257 e. The summed E-state index contributed by atoms with van der Waals surface area (Å²) in [6.07, 6.45) is 4.14. The first kappa shape index (κ1) is 21.8. The number of aryl methyl sites for hydroxylation is 4. The lowest BCUT2D eigenvalue weighted by Gasteiger charge is -2.33. The minimum atomic E-state index is -3.46. The predicted molar refractivity (Wildman–Crippen MR) is 124 cm³/mol. The Morgan fingerprint density at radius 2 is 1.84 bits per heavy atom. The maximum atomic E-state index is 13.1. The van der Waals surface area contributed by atoms with Gasteiger partial charge in [-0.3, -0.25) is 4.90 Å². The van der Waals surface area contributed by atoms with Crippen LogP contribution in [0.5, 0.6) is 0 Å². The van der Waals surface area contributed by atoms with Crippen molar-refractivity contribution < 1.29 is 12.8 Å². The van der Waals surface area contributed by atoms with Crippen LogP contribution in [-0.2, 0) is 35.8 Å². The van der Waals surface area contributed by atoms with Crippen molar-refractivity contribution in [1.82, 2.24) is 19.4 Å². The molecule has 0 radical (unpaired) electrons. The van der Waals surface area contributed by atoms with Crippen molar-refractivity contribution in [3.05, 3.63) is 51.7 Å². The van der Waals surface area contributed by atoms with Gasteiger partial charge in [-0.15, -0.1) is 21.5 Å². The Hall–Kier alpha value is -2.07. The maximum absolute atomic E-state index is 13.1. The van der Waals surface area contributed by atoms with Crippen LogP contribution in [0.4, 0.5) is 0 Å². The quantitative estimate of drug-likeness (QED) is 0.545. The molecule has 2 aromatic heterocycles. The van der Waals surface area contributed by atoms with Gasteiger partial charge in [0.15, 0.2) is 0 Å². The lowest BCUT2D eigenvalue weighted by molar-refractivity contribution is 0.168. The van der Waals surface area contributed by atoms with E-state index in [4.69, 9.17) is 4.42 Å². The van der Waals surface area contributed by atoms with Gasteiger partial charge in [-0.05, 0) is 67.5 Å². The molecule has 3 aromatic rings. The van der Waals surface area contributed by atoms with E-state index in [0.717, 1.165) is 30.6 Å². The highest BCUT2D eigenvalue weighted by Crippen LogP contribution is 2.31. The van der Waals surface area contributed by atoms with E-state index in [9.17, 15) is 8.42 Å². The van der Waals surface area contributed by atoms with Gasteiger partial charge < -0.3 is 4.42 Å². The molecule has 7 nitrogen and oxygen atoms in total. The van der Waals surface area contributed by atoms with Crippen LogP contribution in [-0.4, -0.2) is 54.0 Å². The minimum absolute atomic E-state index is 0.422. The third kappa shape index (κ3) is 4.14. The van der Waals surface area contributed by atoms with Crippen LogP contribution < -0.4 is 0 Å². The fourth-order valence-corrected chi connectivity index (χ4v) is 7.08. The normalized spacial score (nSPS) is 17.7. The fraction of sp³-hybridized carbons (Fsp3) is 0.478. The van der Waals surface area contributed by atoms with Crippen LogP contribution in [0.1, 0.15) is 40.8 Å². The van der Waals surface area contributed by atoms with E-state index in [0.29, 0.717) is 49.4 Å². The highest BCUT2D eigenvalue weighted by Gasteiger charge is 2.30. The van der Waals surface area contributed by atoms with Crippen LogP contribution in [0.2, 0.25) is 0 Å². The van der Waals surface area contributed by atoms with E-state index in [2.05, 4.69) is 35.0 Å². The number of fused-ring (bicyclic) bond motifs is 1. The number of benzene rings is 1. The Labute approximate surface area is 193 Å². The summed E-state index contributed by atoms with van der Waals surface area (Å²) >= 11 is 1.70. The molecule has 3 heterocycles. The predicted octanol–water partition coefficient (Wildman–Crippen LogP) is 3.66. The van der Waals surface area contributed by atoms with Crippen molar-refractivity contribution in [2.75, 3.05) is 26.2 Å². The van der Waals surface area contributed by atoms with E-state index in [1.807, 2.05) is 12.1 Å². The molecule has 1 aliphatic carbocycles.